The molecule has 1 aromatic heterocycles. The Labute approximate surface area is 189 Å². The van der Waals surface area contributed by atoms with Crippen LogP contribution in [-0.2, 0) is 0 Å². The van der Waals surface area contributed by atoms with E-state index < -0.39 is 17.9 Å². The Hall–Kier alpha value is -4.51. The van der Waals surface area contributed by atoms with Gasteiger partial charge in [-0.3, -0.25) is 9.36 Å². The molecule has 0 bridgehead atoms. The molecule has 8 heteroatoms. The second kappa shape index (κ2) is 8.93. The first kappa shape index (κ1) is 21.7. The summed E-state index contributed by atoms with van der Waals surface area (Å²) < 4.78 is 14.9. The van der Waals surface area contributed by atoms with E-state index in [1.165, 1.54) is 33.7 Å². The van der Waals surface area contributed by atoms with Crippen LogP contribution >= 0.6 is 0 Å². The number of amides is 2. The number of nitriles is 1. The molecule has 0 aliphatic carbocycles. The van der Waals surface area contributed by atoms with Crippen molar-refractivity contribution in [1.82, 2.24) is 14.5 Å². The van der Waals surface area contributed by atoms with Crippen LogP contribution in [0.2, 0.25) is 0 Å². The van der Waals surface area contributed by atoms with Gasteiger partial charge in [0.2, 0.25) is 0 Å². The third kappa shape index (κ3) is 4.29. The molecule has 0 saturated heterocycles. The second-order valence-electron chi connectivity index (χ2n) is 7.51. The molecule has 4 rings (SSSR count). The number of nitrogens with one attached hydrogen (secondary N) is 1. The molecule has 0 fully saturated rings. The molecule has 1 unspecified atom stereocenters. The molecular formula is C25H20FN5O2. The number of benzene rings is 3. The fourth-order valence-corrected chi connectivity index (χ4v) is 3.50. The maximum absolute atomic E-state index is 13.5. The van der Waals surface area contributed by atoms with Gasteiger partial charge in [0.25, 0.3) is 5.56 Å². The lowest BCUT2D eigenvalue weighted by Gasteiger charge is -2.27. The molecule has 0 aliphatic heterocycles. The fourth-order valence-electron chi connectivity index (χ4n) is 3.50. The summed E-state index contributed by atoms with van der Waals surface area (Å²) >= 11 is 0. The molecule has 1 heterocycles. The quantitative estimate of drug-likeness (QED) is 0.500. The molecule has 0 spiro atoms. The number of rotatable bonds is 4. The molecule has 0 radical (unpaired) electrons. The number of carbonyl (C=O) groups is 1. The van der Waals surface area contributed by atoms with Crippen molar-refractivity contribution in [2.24, 2.45) is 0 Å². The zero-order valence-electron chi connectivity index (χ0n) is 18.0. The van der Waals surface area contributed by atoms with Gasteiger partial charge in [0.1, 0.15) is 11.6 Å². The average molecular weight is 441 g/mol. The highest BCUT2D eigenvalue weighted by Crippen LogP contribution is 2.23. The van der Waals surface area contributed by atoms with Crippen molar-refractivity contribution in [2.75, 3.05) is 12.4 Å². The third-order valence-corrected chi connectivity index (χ3v) is 5.40. The molecular weight excluding hydrogens is 421 g/mol. The monoisotopic (exact) mass is 441 g/mol. The van der Waals surface area contributed by atoms with E-state index in [4.69, 9.17) is 5.26 Å². The first-order chi connectivity index (χ1) is 15.9. The predicted octanol–water partition coefficient (Wildman–Crippen LogP) is 4.62. The predicted molar refractivity (Wildman–Crippen MR) is 124 cm³/mol. The third-order valence-electron chi connectivity index (χ3n) is 5.40. The van der Waals surface area contributed by atoms with E-state index in [1.54, 1.807) is 62.5 Å². The summed E-state index contributed by atoms with van der Waals surface area (Å²) in [4.78, 5) is 32.4. The van der Waals surface area contributed by atoms with E-state index >= 15 is 0 Å². The Balaban J connectivity index is 1.76. The van der Waals surface area contributed by atoms with Crippen molar-refractivity contribution in [3.05, 3.63) is 100 Å². The number of hydrogen-bond donors (Lipinski definition) is 1. The van der Waals surface area contributed by atoms with Gasteiger partial charge < -0.3 is 10.2 Å². The first-order valence-electron chi connectivity index (χ1n) is 10.2. The maximum atomic E-state index is 13.5. The summed E-state index contributed by atoms with van der Waals surface area (Å²) in [7, 11) is 1.59. The molecule has 1 atom stereocenters. The van der Waals surface area contributed by atoms with E-state index in [1.807, 2.05) is 6.07 Å². The Kier molecular flexibility index (Phi) is 5.87. The fraction of sp³-hybridized carbons (Fsp3) is 0.120. The number of urea groups is 1. The zero-order valence-corrected chi connectivity index (χ0v) is 18.0. The summed E-state index contributed by atoms with van der Waals surface area (Å²) in [5.41, 5.74) is 1.52. The lowest BCUT2D eigenvalue weighted by Crippen LogP contribution is -2.37. The van der Waals surface area contributed by atoms with Gasteiger partial charge in [-0.1, -0.05) is 18.2 Å². The highest BCUT2D eigenvalue weighted by molar-refractivity contribution is 5.89. The second-order valence-corrected chi connectivity index (χ2v) is 7.51. The summed E-state index contributed by atoms with van der Waals surface area (Å²) in [5.74, 6) is -0.0972. The molecule has 4 aromatic rings. The van der Waals surface area contributed by atoms with E-state index in [-0.39, 0.29) is 5.56 Å². The first-order valence-corrected chi connectivity index (χ1v) is 10.2. The number of anilines is 1. The minimum atomic E-state index is -0.619. The summed E-state index contributed by atoms with van der Waals surface area (Å²) in [6, 6.07) is 20.0. The smallest absolute Gasteiger partial charge is 0.318 e. The lowest BCUT2D eigenvalue weighted by molar-refractivity contribution is 0.205. The van der Waals surface area contributed by atoms with Gasteiger partial charge in [-0.2, -0.15) is 5.26 Å². The number of aromatic nitrogens is 2. The largest absolute Gasteiger partial charge is 0.322 e. The van der Waals surface area contributed by atoms with Crippen LogP contribution in [0.1, 0.15) is 24.4 Å². The SMILES string of the molecule is CC(c1nc2ccccc2c(=O)n1-c1ccc(F)cc1)N(C)C(=O)Nc1cccc(C#N)c1. The van der Waals surface area contributed by atoms with Crippen LogP contribution < -0.4 is 10.9 Å². The van der Waals surface area contributed by atoms with E-state index in [0.717, 1.165) is 0 Å². The molecule has 0 saturated carbocycles. The van der Waals surface area contributed by atoms with Crippen molar-refractivity contribution in [3.8, 4) is 11.8 Å². The van der Waals surface area contributed by atoms with Crippen molar-refractivity contribution >= 4 is 22.6 Å². The number of halogens is 1. The summed E-state index contributed by atoms with van der Waals surface area (Å²) in [6.45, 7) is 1.75. The van der Waals surface area contributed by atoms with Crippen LogP contribution in [-0.4, -0.2) is 27.5 Å². The number of para-hydroxylation sites is 1. The van der Waals surface area contributed by atoms with Crippen molar-refractivity contribution in [3.63, 3.8) is 0 Å². The minimum absolute atomic E-state index is 0.315. The molecule has 1 N–H and O–H groups in total. The van der Waals surface area contributed by atoms with Crippen LogP contribution in [0.3, 0.4) is 0 Å². The van der Waals surface area contributed by atoms with E-state index in [9.17, 15) is 14.0 Å². The van der Waals surface area contributed by atoms with E-state index in [0.29, 0.717) is 33.7 Å². The van der Waals surface area contributed by atoms with Gasteiger partial charge in [0.15, 0.2) is 0 Å². The van der Waals surface area contributed by atoms with Crippen molar-refractivity contribution in [2.45, 2.75) is 13.0 Å². The Morgan fingerprint density at radius 1 is 1.12 bits per heavy atom. The van der Waals surface area contributed by atoms with Gasteiger partial charge in [0.05, 0.1) is 34.3 Å². The highest BCUT2D eigenvalue weighted by atomic mass is 19.1. The van der Waals surface area contributed by atoms with Crippen LogP contribution in [0.5, 0.6) is 0 Å². The number of carbonyl (C=O) groups excluding carboxylic acids is 1. The Bertz CT molecular complexity index is 1440. The summed E-state index contributed by atoms with van der Waals surface area (Å²) in [6.07, 6.45) is 0. The Morgan fingerprint density at radius 2 is 1.85 bits per heavy atom. The van der Waals surface area contributed by atoms with E-state index in [2.05, 4.69) is 10.3 Å². The zero-order chi connectivity index (χ0) is 23.5. The standard InChI is InChI=1S/C25H20FN5O2/c1-16(30(2)25(33)28-19-7-5-6-17(14-19)15-27)23-29-22-9-4-3-8-21(22)24(32)31(23)20-12-10-18(26)11-13-20/h3-14,16H,1-2H3,(H,28,33). The number of nitrogens with zero attached hydrogens (tertiary/aromatic N) is 4. The molecule has 33 heavy (non-hydrogen) atoms. The number of hydrogen-bond acceptors (Lipinski definition) is 4. The van der Waals surface area contributed by atoms with Crippen LogP contribution in [0.4, 0.5) is 14.9 Å². The van der Waals surface area contributed by atoms with Crippen LogP contribution in [0, 0.1) is 17.1 Å². The summed E-state index contributed by atoms with van der Waals surface area (Å²) in [5, 5.41) is 12.2. The van der Waals surface area contributed by atoms with Crippen molar-refractivity contribution < 1.29 is 9.18 Å². The number of fused-ring (bicyclic) bond motifs is 1. The highest BCUT2D eigenvalue weighted by Gasteiger charge is 2.24. The average Bonchev–Trinajstić information content (AvgIpc) is 2.84. The van der Waals surface area contributed by atoms with Crippen molar-refractivity contribution in [1.29, 1.82) is 5.26 Å². The van der Waals surface area contributed by atoms with Gasteiger partial charge in [-0.05, 0) is 61.5 Å². The van der Waals surface area contributed by atoms with Gasteiger partial charge in [0, 0.05) is 12.7 Å². The lowest BCUT2D eigenvalue weighted by atomic mass is 10.2. The Morgan fingerprint density at radius 3 is 2.58 bits per heavy atom. The van der Waals surface area contributed by atoms with Gasteiger partial charge in [-0.25, -0.2) is 14.2 Å². The normalized spacial score (nSPS) is 11.6. The van der Waals surface area contributed by atoms with Gasteiger partial charge >= 0.3 is 6.03 Å². The van der Waals surface area contributed by atoms with Crippen LogP contribution in [0.15, 0.2) is 77.6 Å². The maximum Gasteiger partial charge on any atom is 0.322 e. The molecule has 7 nitrogen and oxygen atoms in total. The molecule has 2 amide bonds. The molecule has 3 aromatic carbocycles. The molecule has 0 aliphatic rings. The minimum Gasteiger partial charge on any atom is -0.318 e. The van der Waals surface area contributed by atoms with Gasteiger partial charge in [-0.15, -0.1) is 0 Å². The molecule has 164 valence electrons. The van der Waals surface area contributed by atoms with Crippen LogP contribution in [0.25, 0.3) is 16.6 Å². The topological polar surface area (TPSA) is 91.0 Å².